The van der Waals surface area contributed by atoms with Crippen LogP contribution in [0.1, 0.15) is 35.3 Å². The summed E-state index contributed by atoms with van der Waals surface area (Å²) in [6.07, 6.45) is 3.59. The molecule has 0 amide bonds. The Bertz CT molecular complexity index is 527. The minimum absolute atomic E-state index is 0.161. The van der Waals surface area contributed by atoms with E-state index >= 15 is 0 Å². The van der Waals surface area contributed by atoms with Gasteiger partial charge >= 0.3 is 0 Å². The fourth-order valence-corrected chi connectivity index (χ4v) is 2.35. The van der Waals surface area contributed by atoms with Gasteiger partial charge in [0, 0.05) is 6.42 Å². The fourth-order valence-electron chi connectivity index (χ4n) is 1.86. The average molecular weight is 277 g/mol. The molecule has 1 aromatic heterocycles. The molecule has 19 heavy (non-hydrogen) atoms. The highest BCUT2D eigenvalue weighted by Gasteiger charge is 2.14. The monoisotopic (exact) mass is 277 g/mol. The maximum atomic E-state index is 6.00. The van der Waals surface area contributed by atoms with Crippen molar-refractivity contribution in [2.75, 3.05) is 12.0 Å². The van der Waals surface area contributed by atoms with E-state index in [1.165, 1.54) is 11.1 Å². The lowest BCUT2D eigenvalue weighted by molar-refractivity contribution is 0.349. The zero-order chi connectivity index (χ0) is 13.7. The number of rotatable bonds is 6. The zero-order valence-electron chi connectivity index (χ0n) is 11.3. The summed E-state index contributed by atoms with van der Waals surface area (Å²) in [4.78, 5) is 4.38. The third-order valence-corrected chi connectivity index (χ3v) is 3.52. The van der Waals surface area contributed by atoms with Crippen molar-refractivity contribution in [3.8, 4) is 0 Å². The van der Waals surface area contributed by atoms with Crippen LogP contribution in [0.25, 0.3) is 0 Å². The van der Waals surface area contributed by atoms with Crippen LogP contribution in [-0.4, -0.2) is 22.1 Å². The SMILES string of the molecule is CSCC[C@@H](N)c1nc(Cc2cccc(C)c2)no1. The number of thioether (sulfide) groups is 1. The molecule has 5 heteroatoms. The Hall–Kier alpha value is -1.33. The topological polar surface area (TPSA) is 64.9 Å². The number of nitrogens with two attached hydrogens (primary N) is 1. The Labute approximate surface area is 117 Å². The van der Waals surface area contributed by atoms with Crippen LogP contribution in [-0.2, 0) is 6.42 Å². The van der Waals surface area contributed by atoms with Crippen LogP contribution >= 0.6 is 11.8 Å². The van der Waals surface area contributed by atoms with Crippen LogP contribution in [0.15, 0.2) is 28.8 Å². The quantitative estimate of drug-likeness (QED) is 0.879. The van der Waals surface area contributed by atoms with Gasteiger partial charge in [-0.25, -0.2) is 0 Å². The second-order valence-electron chi connectivity index (χ2n) is 4.60. The van der Waals surface area contributed by atoms with Gasteiger partial charge in [-0.15, -0.1) is 0 Å². The van der Waals surface area contributed by atoms with E-state index in [4.69, 9.17) is 10.3 Å². The average Bonchev–Trinajstić information content (AvgIpc) is 2.84. The molecule has 102 valence electrons. The molecule has 0 fully saturated rings. The van der Waals surface area contributed by atoms with Crippen molar-refractivity contribution in [3.63, 3.8) is 0 Å². The molecule has 2 N–H and O–H groups in total. The normalized spacial score (nSPS) is 12.6. The molecular weight excluding hydrogens is 258 g/mol. The summed E-state index contributed by atoms with van der Waals surface area (Å²) < 4.78 is 5.23. The van der Waals surface area contributed by atoms with Crippen molar-refractivity contribution >= 4 is 11.8 Å². The number of nitrogens with zero attached hydrogens (tertiary/aromatic N) is 2. The Morgan fingerprint density at radius 2 is 2.26 bits per heavy atom. The molecule has 2 aromatic rings. The summed E-state index contributed by atoms with van der Waals surface area (Å²) in [7, 11) is 0. The molecule has 1 atom stereocenters. The smallest absolute Gasteiger partial charge is 0.243 e. The first kappa shape index (κ1) is 14.1. The van der Waals surface area contributed by atoms with Gasteiger partial charge in [-0.2, -0.15) is 16.7 Å². The van der Waals surface area contributed by atoms with E-state index in [2.05, 4.69) is 41.5 Å². The Morgan fingerprint density at radius 3 is 3.00 bits per heavy atom. The lowest BCUT2D eigenvalue weighted by Crippen LogP contribution is -2.11. The third kappa shape index (κ3) is 4.08. The summed E-state index contributed by atoms with van der Waals surface area (Å²) >= 11 is 1.77. The summed E-state index contributed by atoms with van der Waals surface area (Å²) in [5.41, 5.74) is 8.42. The molecule has 0 bridgehead atoms. The molecule has 0 aliphatic rings. The molecule has 1 aromatic carbocycles. The second-order valence-corrected chi connectivity index (χ2v) is 5.59. The minimum Gasteiger partial charge on any atom is -0.338 e. The van der Waals surface area contributed by atoms with E-state index in [0.29, 0.717) is 18.1 Å². The van der Waals surface area contributed by atoms with E-state index < -0.39 is 0 Å². The van der Waals surface area contributed by atoms with Crippen LogP contribution < -0.4 is 5.73 Å². The van der Waals surface area contributed by atoms with E-state index in [1.807, 2.05) is 6.07 Å². The van der Waals surface area contributed by atoms with Crippen molar-refractivity contribution in [2.45, 2.75) is 25.8 Å². The van der Waals surface area contributed by atoms with Gasteiger partial charge in [0.25, 0.3) is 0 Å². The van der Waals surface area contributed by atoms with Gasteiger partial charge in [0.05, 0.1) is 6.04 Å². The molecule has 2 rings (SSSR count). The Kier molecular flexibility index (Phi) is 4.99. The van der Waals surface area contributed by atoms with Crippen LogP contribution in [0.4, 0.5) is 0 Å². The number of benzene rings is 1. The molecule has 0 radical (unpaired) electrons. The lowest BCUT2D eigenvalue weighted by atomic mass is 10.1. The highest BCUT2D eigenvalue weighted by molar-refractivity contribution is 7.98. The van der Waals surface area contributed by atoms with Crippen molar-refractivity contribution in [1.82, 2.24) is 10.1 Å². The van der Waals surface area contributed by atoms with Gasteiger partial charge in [0.15, 0.2) is 5.82 Å². The number of hydrogen-bond donors (Lipinski definition) is 1. The van der Waals surface area contributed by atoms with Crippen molar-refractivity contribution in [2.24, 2.45) is 5.73 Å². The van der Waals surface area contributed by atoms with Gasteiger partial charge in [0.1, 0.15) is 0 Å². The molecule has 0 saturated carbocycles. The van der Waals surface area contributed by atoms with Gasteiger partial charge in [-0.3, -0.25) is 0 Å². The van der Waals surface area contributed by atoms with Crippen LogP contribution in [0.5, 0.6) is 0 Å². The van der Waals surface area contributed by atoms with Gasteiger partial charge in [-0.1, -0.05) is 35.0 Å². The Balaban J connectivity index is 2.01. The predicted octanol–water partition coefficient (Wildman–Crippen LogP) is 2.72. The maximum absolute atomic E-state index is 6.00. The van der Waals surface area contributed by atoms with Crippen molar-refractivity contribution in [1.29, 1.82) is 0 Å². The van der Waals surface area contributed by atoms with Crippen LogP contribution in [0, 0.1) is 6.92 Å². The molecule has 4 nitrogen and oxygen atoms in total. The molecule has 0 aliphatic heterocycles. The second kappa shape index (κ2) is 6.73. The first-order valence-corrected chi connectivity index (χ1v) is 7.71. The molecule has 0 aliphatic carbocycles. The standard InChI is InChI=1S/C14H19N3OS/c1-10-4-3-5-11(8-10)9-13-16-14(18-17-13)12(15)6-7-19-2/h3-5,8,12H,6-7,9,15H2,1-2H3/t12-/m1/s1. The molecule has 0 spiro atoms. The number of aryl methyl sites for hydroxylation is 1. The summed E-state index contributed by atoms with van der Waals surface area (Å²) in [5.74, 6) is 2.23. The summed E-state index contributed by atoms with van der Waals surface area (Å²) in [5, 5.41) is 4.00. The van der Waals surface area contributed by atoms with Crippen molar-refractivity contribution < 1.29 is 4.52 Å². The first-order valence-electron chi connectivity index (χ1n) is 6.31. The fraction of sp³-hybridized carbons (Fsp3) is 0.429. The third-order valence-electron chi connectivity index (χ3n) is 2.88. The number of hydrogen-bond acceptors (Lipinski definition) is 5. The first-order chi connectivity index (χ1) is 9.19. The highest BCUT2D eigenvalue weighted by Crippen LogP contribution is 2.15. The molecule has 1 heterocycles. The highest BCUT2D eigenvalue weighted by atomic mass is 32.2. The summed E-state index contributed by atoms with van der Waals surface area (Å²) in [6.45, 7) is 2.07. The van der Waals surface area contributed by atoms with Crippen LogP contribution in [0.3, 0.4) is 0 Å². The van der Waals surface area contributed by atoms with E-state index in [9.17, 15) is 0 Å². The zero-order valence-corrected chi connectivity index (χ0v) is 12.1. The van der Waals surface area contributed by atoms with E-state index in [1.54, 1.807) is 11.8 Å². The maximum Gasteiger partial charge on any atom is 0.243 e. The van der Waals surface area contributed by atoms with Gasteiger partial charge in [0.2, 0.25) is 5.89 Å². The Morgan fingerprint density at radius 1 is 1.42 bits per heavy atom. The van der Waals surface area contributed by atoms with Gasteiger partial charge < -0.3 is 10.3 Å². The van der Waals surface area contributed by atoms with Crippen molar-refractivity contribution in [3.05, 3.63) is 47.1 Å². The van der Waals surface area contributed by atoms with Gasteiger partial charge in [-0.05, 0) is 30.9 Å². The molecule has 0 unspecified atom stereocenters. The minimum atomic E-state index is -0.161. The summed E-state index contributed by atoms with van der Waals surface area (Å²) in [6, 6.07) is 8.14. The predicted molar refractivity (Wildman–Crippen MR) is 78.2 cm³/mol. The van der Waals surface area contributed by atoms with E-state index in [-0.39, 0.29) is 6.04 Å². The molecule has 0 saturated heterocycles. The lowest BCUT2D eigenvalue weighted by Gasteiger charge is -2.03. The van der Waals surface area contributed by atoms with E-state index in [0.717, 1.165) is 12.2 Å². The largest absolute Gasteiger partial charge is 0.338 e. The molecular formula is C14H19N3OS. The van der Waals surface area contributed by atoms with Crippen LogP contribution in [0.2, 0.25) is 0 Å². The number of aromatic nitrogens is 2.